The fourth-order valence-electron chi connectivity index (χ4n) is 4.42. The largest absolute Gasteiger partial charge is 0.484 e. The van der Waals surface area contributed by atoms with E-state index < -0.39 is 6.04 Å². The molecule has 7 heteroatoms. The number of benzene rings is 2. The van der Waals surface area contributed by atoms with Gasteiger partial charge in [0.05, 0.1) is 0 Å². The highest BCUT2D eigenvalue weighted by Gasteiger charge is 2.31. The molecule has 1 atom stereocenters. The van der Waals surface area contributed by atoms with Crippen LogP contribution in [0.5, 0.6) is 5.75 Å². The Bertz CT molecular complexity index is 992. The lowest BCUT2D eigenvalue weighted by molar-refractivity contribution is -0.143. The van der Waals surface area contributed by atoms with Crippen LogP contribution in [0.3, 0.4) is 0 Å². The molecule has 1 fully saturated rings. The van der Waals surface area contributed by atoms with E-state index in [0.29, 0.717) is 27.8 Å². The fraction of sp³-hybridized carbons (Fsp3) is 0.500. The van der Waals surface area contributed by atoms with Crippen LogP contribution in [0, 0.1) is 0 Å². The van der Waals surface area contributed by atoms with Crippen LogP contribution in [-0.2, 0) is 21.5 Å². The van der Waals surface area contributed by atoms with Crippen LogP contribution in [0.25, 0.3) is 0 Å². The summed E-state index contributed by atoms with van der Waals surface area (Å²) in [6.45, 7) is 8.27. The number of nitrogens with one attached hydrogen (secondary N) is 1. The highest BCUT2D eigenvalue weighted by molar-refractivity contribution is 6.36. The molecule has 1 saturated carbocycles. The monoisotopic (exact) mass is 518 g/mol. The van der Waals surface area contributed by atoms with Crippen molar-refractivity contribution in [2.75, 3.05) is 6.61 Å². The lowest BCUT2D eigenvalue weighted by atomic mass is 9.87. The number of carbonyl (C=O) groups is 2. The number of nitrogens with zero attached hydrogens (tertiary/aromatic N) is 1. The minimum absolute atomic E-state index is 0.0282. The molecule has 3 rings (SSSR count). The molecule has 1 aliphatic carbocycles. The van der Waals surface area contributed by atoms with Gasteiger partial charge in [-0.25, -0.2) is 0 Å². The minimum Gasteiger partial charge on any atom is -0.484 e. The Morgan fingerprint density at radius 2 is 1.66 bits per heavy atom. The van der Waals surface area contributed by atoms with Crippen molar-refractivity contribution in [3.05, 3.63) is 63.6 Å². The zero-order valence-corrected chi connectivity index (χ0v) is 22.6. The van der Waals surface area contributed by atoms with Gasteiger partial charge in [-0.3, -0.25) is 9.59 Å². The van der Waals surface area contributed by atoms with Gasteiger partial charge in [0.15, 0.2) is 6.61 Å². The van der Waals surface area contributed by atoms with Crippen molar-refractivity contribution in [1.29, 1.82) is 0 Å². The number of amides is 2. The number of halogens is 2. The van der Waals surface area contributed by atoms with E-state index >= 15 is 0 Å². The number of ether oxygens (including phenoxy) is 1. The first-order chi connectivity index (χ1) is 16.6. The van der Waals surface area contributed by atoms with E-state index in [2.05, 4.69) is 26.1 Å². The molecule has 190 valence electrons. The molecular formula is C28H36Cl2N2O3. The predicted octanol–water partition coefficient (Wildman–Crippen LogP) is 6.54. The average molecular weight is 520 g/mol. The van der Waals surface area contributed by atoms with Crippen molar-refractivity contribution in [1.82, 2.24) is 10.2 Å². The summed E-state index contributed by atoms with van der Waals surface area (Å²) in [5.74, 6) is 0.158. The van der Waals surface area contributed by atoms with Gasteiger partial charge in [-0.15, -0.1) is 0 Å². The molecule has 2 amide bonds. The van der Waals surface area contributed by atoms with Gasteiger partial charge in [0, 0.05) is 28.2 Å². The first kappa shape index (κ1) is 27.3. The average Bonchev–Trinajstić information content (AvgIpc) is 3.32. The summed E-state index contributed by atoms with van der Waals surface area (Å²) >= 11 is 12.8. The summed E-state index contributed by atoms with van der Waals surface area (Å²) in [4.78, 5) is 28.2. The molecule has 0 saturated heterocycles. The maximum Gasteiger partial charge on any atom is 0.261 e. The Morgan fingerprint density at radius 3 is 2.20 bits per heavy atom. The van der Waals surface area contributed by atoms with E-state index in [1.165, 1.54) is 5.56 Å². The van der Waals surface area contributed by atoms with Gasteiger partial charge in [-0.2, -0.15) is 0 Å². The highest BCUT2D eigenvalue weighted by Crippen LogP contribution is 2.28. The van der Waals surface area contributed by atoms with Crippen molar-refractivity contribution in [2.24, 2.45) is 0 Å². The molecule has 0 spiro atoms. The summed E-state index contributed by atoms with van der Waals surface area (Å²) in [6, 6.07) is 12.5. The fourth-order valence-corrected chi connectivity index (χ4v) is 4.94. The first-order valence-electron chi connectivity index (χ1n) is 12.4. The number of carbonyl (C=O) groups excluding carboxylic acids is 2. The maximum absolute atomic E-state index is 13.4. The van der Waals surface area contributed by atoms with Gasteiger partial charge < -0.3 is 15.0 Å². The van der Waals surface area contributed by atoms with E-state index in [1.807, 2.05) is 31.2 Å². The van der Waals surface area contributed by atoms with E-state index in [1.54, 1.807) is 23.1 Å². The Labute approximate surface area is 219 Å². The summed E-state index contributed by atoms with van der Waals surface area (Å²) in [5, 5.41) is 4.05. The minimum atomic E-state index is -0.651. The number of hydrogen-bond acceptors (Lipinski definition) is 3. The Morgan fingerprint density at radius 1 is 1.06 bits per heavy atom. The van der Waals surface area contributed by atoms with Crippen molar-refractivity contribution >= 4 is 35.0 Å². The van der Waals surface area contributed by atoms with E-state index in [-0.39, 0.29) is 36.4 Å². The topological polar surface area (TPSA) is 58.6 Å². The zero-order chi connectivity index (χ0) is 25.6. The van der Waals surface area contributed by atoms with Crippen LogP contribution in [0.4, 0.5) is 0 Å². The molecule has 1 aliphatic rings. The third kappa shape index (κ3) is 7.37. The molecule has 0 radical (unpaired) electrons. The van der Waals surface area contributed by atoms with Gasteiger partial charge in [0.1, 0.15) is 11.8 Å². The normalized spacial score (nSPS) is 15.0. The summed E-state index contributed by atoms with van der Waals surface area (Å²) in [6.07, 6.45) is 4.63. The molecule has 0 unspecified atom stereocenters. The second-order valence-electron chi connectivity index (χ2n) is 10.2. The van der Waals surface area contributed by atoms with E-state index in [9.17, 15) is 9.59 Å². The third-order valence-electron chi connectivity index (χ3n) is 6.56. The Kier molecular flexibility index (Phi) is 9.48. The van der Waals surface area contributed by atoms with Gasteiger partial charge in [0.25, 0.3) is 5.91 Å². The van der Waals surface area contributed by atoms with Crippen LogP contribution in [0.2, 0.25) is 10.0 Å². The molecule has 35 heavy (non-hydrogen) atoms. The number of rotatable bonds is 9. The maximum atomic E-state index is 13.4. The molecule has 0 bridgehead atoms. The van der Waals surface area contributed by atoms with Gasteiger partial charge in [-0.1, -0.05) is 81.9 Å². The standard InChI is InChI=1S/C28H36Cl2N2O3/c1-5-25(27(34)31-20-9-6-7-10-20)32(17-22-23(29)11-8-12-24(22)30)26(33)18-35-21-15-13-19(14-16-21)28(2,3)4/h8,11-16,20,25H,5-7,9-10,17-18H2,1-4H3,(H,31,34)/t25-/m1/s1. The summed E-state index contributed by atoms with van der Waals surface area (Å²) in [7, 11) is 0. The molecular weight excluding hydrogens is 483 g/mol. The van der Waals surface area contributed by atoms with Crippen molar-refractivity contribution < 1.29 is 14.3 Å². The van der Waals surface area contributed by atoms with E-state index in [4.69, 9.17) is 27.9 Å². The van der Waals surface area contributed by atoms with Gasteiger partial charge >= 0.3 is 0 Å². The van der Waals surface area contributed by atoms with Gasteiger partial charge in [-0.05, 0) is 54.5 Å². The molecule has 0 aromatic heterocycles. The second kappa shape index (κ2) is 12.1. The van der Waals surface area contributed by atoms with Gasteiger partial charge in [0.2, 0.25) is 5.91 Å². The molecule has 2 aromatic carbocycles. The summed E-state index contributed by atoms with van der Waals surface area (Å²) < 4.78 is 5.83. The predicted molar refractivity (Wildman–Crippen MR) is 142 cm³/mol. The lowest BCUT2D eigenvalue weighted by Gasteiger charge is -2.32. The molecule has 0 aliphatic heterocycles. The zero-order valence-electron chi connectivity index (χ0n) is 21.1. The highest BCUT2D eigenvalue weighted by atomic mass is 35.5. The smallest absolute Gasteiger partial charge is 0.261 e. The molecule has 2 aromatic rings. The first-order valence-corrected chi connectivity index (χ1v) is 13.1. The van der Waals surface area contributed by atoms with E-state index in [0.717, 1.165) is 25.7 Å². The summed E-state index contributed by atoms with van der Waals surface area (Å²) in [5.41, 5.74) is 1.83. The Balaban J connectivity index is 1.79. The molecule has 1 N–H and O–H groups in total. The SMILES string of the molecule is CC[C@H](C(=O)NC1CCCC1)N(Cc1c(Cl)cccc1Cl)C(=O)COc1ccc(C(C)(C)C)cc1. The van der Waals surface area contributed by atoms with Crippen LogP contribution >= 0.6 is 23.2 Å². The van der Waals surface area contributed by atoms with Crippen molar-refractivity contribution in [3.8, 4) is 5.75 Å². The Hall–Kier alpha value is -2.24. The van der Waals surface area contributed by atoms with Crippen molar-refractivity contribution in [2.45, 2.75) is 83.8 Å². The van der Waals surface area contributed by atoms with Crippen LogP contribution in [-0.4, -0.2) is 35.4 Å². The van der Waals surface area contributed by atoms with Crippen molar-refractivity contribution in [3.63, 3.8) is 0 Å². The molecule has 5 nitrogen and oxygen atoms in total. The number of hydrogen-bond donors (Lipinski definition) is 1. The van der Waals surface area contributed by atoms with Crippen LogP contribution < -0.4 is 10.1 Å². The third-order valence-corrected chi connectivity index (χ3v) is 7.27. The quantitative estimate of drug-likeness (QED) is 0.410. The van der Waals surface area contributed by atoms with Crippen LogP contribution in [0.1, 0.15) is 70.9 Å². The lowest BCUT2D eigenvalue weighted by Crippen LogP contribution is -2.52. The second-order valence-corrected chi connectivity index (χ2v) is 11.0. The molecule has 0 heterocycles. The van der Waals surface area contributed by atoms with Crippen LogP contribution in [0.15, 0.2) is 42.5 Å².